The molecule has 3 aromatic rings. The predicted molar refractivity (Wildman–Crippen MR) is 129 cm³/mol. The first-order valence-electron chi connectivity index (χ1n) is 11.3. The molecule has 0 atom stereocenters. The van der Waals surface area contributed by atoms with Crippen LogP contribution in [0.1, 0.15) is 38.9 Å². The molecule has 0 spiro atoms. The van der Waals surface area contributed by atoms with Gasteiger partial charge in [-0.05, 0) is 75.7 Å². The molecule has 0 unspecified atom stereocenters. The van der Waals surface area contributed by atoms with Crippen molar-refractivity contribution >= 4 is 32.9 Å². The summed E-state index contributed by atoms with van der Waals surface area (Å²) >= 11 is 3.53. The van der Waals surface area contributed by atoms with E-state index in [4.69, 9.17) is 4.98 Å². The van der Waals surface area contributed by atoms with Crippen molar-refractivity contribution < 1.29 is 4.79 Å². The van der Waals surface area contributed by atoms with E-state index in [9.17, 15) is 4.79 Å². The number of hydrogen-bond acceptors (Lipinski definition) is 3. The summed E-state index contributed by atoms with van der Waals surface area (Å²) in [6.45, 7) is 8.55. The second-order valence-electron chi connectivity index (χ2n) is 8.30. The Morgan fingerprint density at radius 3 is 2.48 bits per heavy atom. The molecule has 0 bridgehead atoms. The van der Waals surface area contributed by atoms with E-state index >= 15 is 0 Å². The molecule has 0 saturated carbocycles. The molecule has 2 aromatic carbocycles. The van der Waals surface area contributed by atoms with Crippen LogP contribution in [-0.2, 0) is 11.3 Å². The monoisotopic (exact) mass is 482 g/mol. The van der Waals surface area contributed by atoms with E-state index in [1.807, 2.05) is 11.0 Å². The number of halogens is 1. The van der Waals surface area contributed by atoms with E-state index in [0.717, 1.165) is 79.0 Å². The van der Waals surface area contributed by atoms with Gasteiger partial charge in [-0.15, -0.1) is 0 Å². The lowest BCUT2D eigenvalue weighted by Gasteiger charge is -2.33. The summed E-state index contributed by atoms with van der Waals surface area (Å²) in [5, 5.41) is 0. The van der Waals surface area contributed by atoms with E-state index in [2.05, 4.69) is 81.7 Å². The molecule has 6 heteroatoms. The Bertz CT molecular complexity index is 1020. The Morgan fingerprint density at radius 1 is 1.10 bits per heavy atom. The molecule has 0 N–H and O–H groups in total. The Hall–Kier alpha value is -2.18. The average molecular weight is 483 g/mol. The van der Waals surface area contributed by atoms with Crippen LogP contribution in [0.4, 0.5) is 0 Å². The predicted octanol–water partition coefficient (Wildman–Crippen LogP) is 5.26. The number of piperidine rings is 1. The third-order valence-electron chi connectivity index (χ3n) is 6.20. The van der Waals surface area contributed by atoms with Crippen LogP contribution in [0.3, 0.4) is 0 Å². The summed E-state index contributed by atoms with van der Waals surface area (Å²) in [7, 11) is 0. The topological polar surface area (TPSA) is 41.4 Å². The van der Waals surface area contributed by atoms with Gasteiger partial charge < -0.3 is 4.90 Å². The summed E-state index contributed by atoms with van der Waals surface area (Å²) in [6, 6.07) is 16.7. The van der Waals surface area contributed by atoms with Crippen LogP contribution in [-0.4, -0.2) is 51.4 Å². The van der Waals surface area contributed by atoms with Crippen LogP contribution in [0, 0.1) is 5.92 Å². The maximum Gasteiger partial charge on any atom is 0.225 e. The maximum atomic E-state index is 12.9. The Morgan fingerprint density at radius 2 is 1.81 bits per heavy atom. The fourth-order valence-corrected chi connectivity index (χ4v) is 4.81. The molecule has 1 aliphatic heterocycles. The van der Waals surface area contributed by atoms with E-state index in [-0.39, 0.29) is 5.92 Å². The van der Waals surface area contributed by atoms with Crippen molar-refractivity contribution in [3.05, 3.63) is 58.8 Å². The minimum atomic E-state index is 0.160. The van der Waals surface area contributed by atoms with Gasteiger partial charge in [-0.2, -0.15) is 0 Å². The molecule has 5 nitrogen and oxygen atoms in total. The van der Waals surface area contributed by atoms with Crippen LogP contribution in [0.15, 0.2) is 53.0 Å². The van der Waals surface area contributed by atoms with Crippen molar-refractivity contribution in [2.75, 3.05) is 26.2 Å². The lowest BCUT2D eigenvalue weighted by molar-refractivity contribution is -0.137. The van der Waals surface area contributed by atoms with Crippen molar-refractivity contribution in [2.24, 2.45) is 5.92 Å². The molecule has 1 aliphatic rings. The van der Waals surface area contributed by atoms with Gasteiger partial charge >= 0.3 is 0 Å². The van der Waals surface area contributed by atoms with E-state index < -0.39 is 0 Å². The van der Waals surface area contributed by atoms with Crippen molar-refractivity contribution in [3.63, 3.8) is 0 Å². The van der Waals surface area contributed by atoms with Crippen molar-refractivity contribution in [1.82, 2.24) is 19.4 Å². The molecule has 31 heavy (non-hydrogen) atoms. The fourth-order valence-electron chi connectivity index (χ4n) is 4.55. The molecule has 1 amide bonds. The van der Waals surface area contributed by atoms with Gasteiger partial charge in [0, 0.05) is 29.2 Å². The normalized spacial score (nSPS) is 15.5. The molecule has 0 aliphatic carbocycles. The van der Waals surface area contributed by atoms with Crippen molar-refractivity contribution in [3.8, 4) is 5.69 Å². The standard InChI is InChI=1S/C25H31BrN4O/c1-3-15-29(4-2)25(31)19-13-16-28(17-14-19)18-24-27-22-7-5-6-8-23(22)30(24)21-11-9-20(26)10-12-21/h5-12,19H,3-4,13-18H2,1-2H3. The highest BCUT2D eigenvalue weighted by Gasteiger charge is 2.28. The summed E-state index contributed by atoms with van der Waals surface area (Å²) in [6.07, 6.45) is 2.87. The Kier molecular flexibility index (Phi) is 7.08. The number of imidazole rings is 1. The first-order valence-corrected chi connectivity index (χ1v) is 12.1. The molecular weight excluding hydrogens is 452 g/mol. The second kappa shape index (κ2) is 9.96. The van der Waals surface area contributed by atoms with Crippen LogP contribution >= 0.6 is 15.9 Å². The number of amides is 1. The van der Waals surface area contributed by atoms with Gasteiger partial charge in [0.05, 0.1) is 17.6 Å². The lowest BCUT2D eigenvalue weighted by Crippen LogP contribution is -2.42. The molecule has 1 saturated heterocycles. The fraction of sp³-hybridized carbons (Fsp3) is 0.440. The molecule has 164 valence electrons. The smallest absolute Gasteiger partial charge is 0.225 e. The first kappa shape index (κ1) is 22.0. The summed E-state index contributed by atoms with van der Waals surface area (Å²) in [4.78, 5) is 22.3. The van der Waals surface area contributed by atoms with Gasteiger partial charge in [0.25, 0.3) is 0 Å². The zero-order chi connectivity index (χ0) is 21.8. The van der Waals surface area contributed by atoms with Crippen LogP contribution in [0.25, 0.3) is 16.7 Å². The highest BCUT2D eigenvalue weighted by molar-refractivity contribution is 9.10. The van der Waals surface area contributed by atoms with Gasteiger partial charge in [0.1, 0.15) is 5.82 Å². The van der Waals surface area contributed by atoms with Crippen molar-refractivity contribution in [1.29, 1.82) is 0 Å². The van der Waals surface area contributed by atoms with Gasteiger partial charge in [-0.3, -0.25) is 14.3 Å². The van der Waals surface area contributed by atoms with Gasteiger partial charge in [-0.25, -0.2) is 4.98 Å². The molecule has 0 radical (unpaired) electrons. The number of hydrogen-bond donors (Lipinski definition) is 0. The quantitative estimate of drug-likeness (QED) is 0.461. The van der Waals surface area contributed by atoms with Crippen LogP contribution < -0.4 is 0 Å². The van der Waals surface area contributed by atoms with Crippen molar-refractivity contribution in [2.45, 2.75) is 39.7 Å². The number of rotatable bonds is 7. The number of likely N-dealkylation sites (tertiary alicyclic amines) is 1. The average Bonchev–Trinajstić information content (AvgIpc) is 3.16. The Balaban J connectivity index is 1.50. The second-order valence-corrected chi connectivity index (χ2v) is 9.21. The number of benzene rings is 2. The minimum absolute atomic E-state index is 0.160. The largest absolute Gasteiger partial charge is 0.343 e. The summed E-state index contributed by atoms with van der Waals surface area (Å²) < 4.78 is 3.33. The minimum Gasteiger partial charge on any atom is -0.343 e. The van der Waals surface area contributed by atoms with Gasteiger partial charge in [-0.1, -0.05) is 35.0 Å². The number of para-hydroxylation sites is 2. The summed E-state index contributed by atoms with van der Waals surface area (Å²) in [5.74, 6) is 1.55. The van der Waals surface area contributed by atoms with E-state index in [1.165, 1.54) is 0 Å². The molecule has 4 rings (SSSR count). The highest BCUT2D eigenvalue weighted by Crippen LogP contribution is 2.26. The molecule has 2 heterocycles. The highest BCUT2D eigenvalue weighted by atomic mass is 79.9. The van der Waals surface area contributed by atoms with Gasteiger partial charge in [0.2, 0.25) is 5.91 Å². The Labute approximate surface area is 193 Å². The molecule has 1 fully saturated rings. The maximum absolute atomic E-state index is 12.9. The molecule has 1 aromatic heterocycles. The third-order valence-corrected chi connectivity index (χ3v) is 6.73. The molecular formula is C25H31BrN4O. The van der Waals surface area contributed by atoms with E-state index in [1.54, 1.807) is 0 Å². The lowest BCUT2D eigenvalue weighted by atomic mass is 9.95. The first-order chi connectivity index (χ1) is 15.1. The number of nitrogens with zero attached hydrogens (tertiary/aromatic N) is 4. The van der Waals surface area contributed by atoms with Crippen LogP contribution in [0.5, 0.6) is 0 Å². The number of fused-ring (bicyclic) bond motifs is 1. The number of carbonyl (C=O) groups excluding carboxylic acids is 1. The van der Waals surface area contributed by atoms with Crippen LogP contribution in [0.2, 0.25) is 0 Å². The summed E-state index contributed by atoms with van der Waals surface area (Å²) in [5.41, 5.74) is 3.27. The van der Waals surface area contributed by atoms with Gasteiger partial charge in [0.15, 0.2) is 0 Å². The number of carbonyl (C=O) groups is 1. The SMILES string of the molecule is CCCN(CC)C(=O)C1CCN(Cc2nc3ccccc3n2-c2ccc(Br)cc2)CC1. The number of aromatic nitrogens is 2. The van der Waals surface area contributed by atoms with E-state index in [0.29, 0.717) is 5.91 Å². The third kappa shape index (κ3) is 4.85. The zero-order valence-electron chi connectivity index (χ0n) is 18.4. The zero-order valence-corrected chi connectivity index (χ0v) is 20.0.